The summed E-state index contributed by atoms with van der Waals surface area (Å²) in [6.07, 6.45) is 4.95. The van der Waals surface area contributed by atoms with Crippen LogP contribution in [-0.2, 0) is 19.5 Å². The van der Waals surface area contributed by atoms with Crippen molar-refractivity contribution in [3.05, 3.63) is 65.5 Å². The molecule has 4 aromatic rings. The second-order valence-electron chi connectivity index (χ2n) is 6.68. The lowest BCUT2D eigenvalue weighted by Gasteiger charge is -2.19. The van der Waals surface area contributed by atoms with E-state index >= 15 is 0 Å². The van der Waals surface area contributed by atoms with Crippen LogP contribution in [0.3, 0.4) is 0 Å². The smallest absolute Gasteiger partial charge is 0.298 e. The first-order chi connectivity index (χ1) is 14.1. The Kier molecular flexibility index (Phi) is 4.27. The van der Waals surface area contributed by atoms with E-state index in [1.165, 1.54) is 11.0 Å². The quantitative estimate of drug-likeness (QED) is 0.514. The normalized spacial score (nSPS) is 13.0. The number of halogens is 2. The number of hydrogen-bond acceptors (Lipinski definition) is 6. The van der Waals surface area contributed by atoms with Gasteiger partial charge in [0.05, 0.1) is 11.2 Å². The first-order valence-corrected chi connectivity index (χ1v) is 9.80. The minimum absolute atomic E-state index is 0.0295. The van der Waals surface area contributed by atoms with Crippen LogP contribution >= 0.6 is 11.3 Å². The van der Waals surface area contributed by atoms with Crippen molar-refractivity contribution in [2.45, 2.75) is 25.9 Å². The number of fused-ring (bicyclic) bond motifs is 2. The summed E-state index contributed by atoms with van der Waals surface area (Å²) in [7, 11) is 0. The van der Waals surface area contributed by atoms with Gasteiger partial charge in [0.1, 0.15) is 17.2 Å². The van der Waals surface area contributed by atoms with Gasteiger partial charge < -0.3 is 4.57 Å². The zero-order valence-corrected chi connectivity index (χ0v) is 15.9. The van der Waals surface area contributed by atoms with Gasteiger partial charge in [-0.05, 0) is 24.1 Å². The molecule has 0 atom stereocenters. The Balaban J connectivity index is 1.60. The van der Waals surface area contributed by atoms with Crippen molar-refractivity contribution in [1.29, 1.82) is 0 Å². The average molecular weight is 412 g/mol. The third-order valence-electron chi connectivity index (χ3n) is 4.74. The highest BCUT2D eigenvalue weighted by Gasteiger charge is 2.29. The molecule has 1 aliphatic heterocycles. The lowest BCUT2D eigenvalue weighted by molar-refractivity contribution is 0.0970. The number of benzene rings is 1. The summed E-state index contributed by atoms with van der Waals surface area (Å²) < 4.78 is 29.9. The topological polar surface area (TPSA) is 76.8 Å². The second kappa shape index (κ2) is 6.96. The molecule has 0 spiro atoms. The largest absolute Gasteiger partial charge is 0.307 e. The van der Waals surface area contributed by atoms with E-state index in [9.17, 15) is 13.6 Å². The number of thiazole rings is 1. The highest BCUT2D eigenvalue weighted by molar-refractivity contribution is 7.22. The fourth-order valence-corrected chi connectivity index (χ4v) is 4.39. The van der Waals surface area contributed by atoms with Gasteiger partial charge in [-0.1, -0.05) is 17.4 Å². The van der Waals surface area contributed by atoms with Gasteiger partial charge in [-0.2, -0.15) is 0 Å². The summed E-state index contributed by atoms with van der Waals surface area (Å²) >= 11 is 1.05. The lowest BCUT2D eigenvalue weighted by Crippen LogP contribution is -2.32. The van der Waals surface area contributed by atoms with E-state index in [0.29, 0.717) is 11.2 Å². The molecule has 0 unspecified atom stereocenters. The monoisotopic (exact) mass is 412 g/mol. The van der Waals surface area contributed by atoms with Crippen molar-refractivity contribution in [3.63, 3.8) is 0 Å². The lowest BCUT2D eigenvalue weighted by atomic mass is 10.2. The van der Waals surface area contributed by atoms with Gasteiger partial charge in [-0.15, -0.1) is 10.2 Å². The van der Waals surface area contributed by atoms with Crippen molar-refractivity contribution in [1.82, 2.24) is 24.7 Å². The first kappa shape index (κ1) is 17.8. The Hall–Kier alpha value is -3.27. The summed E-state index contributed by atoms with van der Waals surface area (Å²) in [5.74, 6) is -0.862. The maximum atomic E-state index is 14.2. The second-order valence-corrected chi connectivity index (χ2v) is 7.69. The third kappa shape index (κ3) is 3.15. The minimum atomic E-state index is -0.764. The van der Waals surface area contributed by atoms with Crippen LogP contribution in [0.2, 0.25) is 0 Å². The summed E-state index contributed by atoms with van der Waals surface area (Å²) in [4.78, 5) is 23.2. The van der Waals surface area contributed by atoms with Crippen LogP contribution in [0, 0.1) is 11.6 Å². The van der Waals surface area contributed by atoms with Gasteiger partial charge in [-0.25, -0.2) is 13.8 Å². The van der Waals surface area contributed by atoms with Crippen LogP contribution in [0.1, 0.15) is 28.4 Å². The number of aryl methyl sites for hydroxylation is 1. The zero-order chi connectivity index (χ0) is 20.0. The highest BCUT2D eigenvalue weighted by Crippen LogP contribution is 2.33. The van der Waals surface area contributed by atoms with Crippen molar-refractivity contribution >= 4 is 32.6 Å². The fourth-order valence-electron chi connectivity index (χ4n) is 3.39. The van der Waals surface area contributed by atoms with Gasteiger partial charge in [0.15, 0.2) is 10.9 Å². The number of hydrogen-bond donors (Lipinski definition) is 0. The Labute approximate surface area is 167 Å². The third-order valence-corrected chi connectivity index (χ3v) is 5.77. The molecule has 0 radical (unpaired) electrons. The average Bonchev–Trinajstić information content (AvgIpc) is 3.41. The number of anilines is 1. The van der Waals surface area contributed by atoms with Crippen LogP contribution in [0.4, 0.5) is 13.9 Å². The molecule has 1 aromatic carbocycles. The predicted octanol–water partition coefficient (Wildman–Crippen LogP) is 3.35. The maximum Gasteiger partial charge on any atom is 0.298 e. The molecule has 0 N–H and O–H groups in total. The number of rotatable bonds is 4. The van der Waals surface area contributed by atoms with E-state index < -0.39 is 17.5 Å². The first-order valence-electron chi connectivity index (χ1n) is 8.98. The molecular formula is C19H14F2N6OS. The zero-order valence-electron chi connectivity index (χ0n) is 15.0. The molecule has 0 aliphatic carbocycles. The molecule has 10 heteroatoms. The fraction of sp³-hybridized carbons (Fsp3) is 0.211. The van der Waals surface area contributed by atoms with E-state index in [1.54, 1.807) is 23.0 Å². The number of pyridine rings is 1. The summed E-state index contributed by atoms with van der Waals surface area (Å²) in [5.41, 5.74) is 0.801. The Morgan fingerprint density at radius 1 is 1.28 bits per heavy atom. The van der Waals surface area contributed by atoms with Crippen molar-refractivity contribution < 1.29 is 13.6 Å². The number of amides is 1. The molecule has 0 fully saturated rings. The molecule has 0 saturated heterocycles. The summed E-state index contributed by atoms with van der Waals surface area (Å²) in [6.45, 7) is 0.836. The van der Waals surface area contributed by atoms with Crippen LogP contribution in [0.25, 0.3) is 10.2 Å². The van der Waals surface area contributed by atoms with Gasteiger partial charge >= 0.3 is 0 Å². The van der Waals surface area contributed by atoms with Crippen LogP contribution in [0.5, 0.6) is 0 Å². The Morgan fingerprint density at radius 3 is 3.00 bits per heavy atom. The SMILES string of the molecule is O=C(c1nnc2n1CCC2)N(Cc1cccnc1)c1nc2c(F)cc(F)cc2s1. The molecule has 146 valence electrons. The molecule has 7 nitrogen and oxygen atoms in total. The number of aromatic nitrogens is 5. The van der Waals surface area contributed by atoms with E-state index in [0.717, 1.165) is 41.6 Å². The van der Waals surface area contributed by atoms with Gasteiger partial charge in [0.2, 0.25) is 5.82 Å². The van der Waals surface area contributed by atoms with Crippen molar-refractivity contribution in [3.8, 4) is 0 Å². The molecule has 1 amide bonds. The molecule has 1 aliphatic rings. The van der Waals surface area contributed by atoms with Crippen molar-refractivity contribution in [2.75, 3.05) is 4.90 Å². The molecule has 29 heavy (non-hydrogen) atoms. The maximum absolute atomic E-state index is 14.2. The number of carbonyl (C=O) groups excluding carboxylic acids is 1. The van der Waals surface area contributed by atoms with Crippen LogP contribution in [0.15, 0.2) is 36.7 Å². The van der Waals surface area contributed by atoms with E-state index in [1.807, 2.05) is 6.07 Å². The van der Waals surface area contributed by atoms with E-state index in [-0.39, 0.29) is 23.0 Å². The van der Waals surface area contributed by atoms with Crippen LogP contribution < -0.4 is 4.90 Å². The highest BCUT2D eigenvalue weighted by atomic mass is 32.1. The number of carbonyl (C=O) groups is 1. The molecule has 4 heterocycles. The van der Waals surface area contributed by atoms with Gasteiger partial charge in [0.25, 0.3) is 5.91 Å². The predicted molar refractivity (Wildman–Crippen MR) is 103 cm³/mol. The van der Waals surface area contributed by atoms with Gasteiger partial charge in [-0.3, -0.25) is 14.7 Å². The van der Waals surface area contributed by atoms with Crippen LogP contribution in [-0.4, -0.2) is 30.6 Å². The molecular weight excluding hydrogens is 398 g/mol. The molecule has 0 bridgehead atoms. The minimum Gasteiger partial charge on any atom is -0.307 e. The summed E-state index contributed by atoms with van der Waals surface area (Å²) in [5, 5.41) is 8.41. The molecule has 5 rings (SSSR count). The summed E-state index contributed by atoms with van der Waals surface area (Å²) in [6, 6.07) is 5.58. The van der Waals surface area contributed by atoms with E-state index in [4.69, 9.17) is 0 Å². The van der Waals surface area contributed by atoms with E-state index in [2.05, 4.69) is 20.2 Å². The Morgan fingerprint density at radius 2 is 2.17 bits per heavy atom. The number of nitrogens with zero attached hydrogens (tertiary/aromatic N) is 6. The standard InChI is InChI=1S/C19H14F2N6OS/c20-12-7-13(21)16-14(8-12)29-19(23-16)27(10-11-3-1-5-22-9-11)18(28)17-25-24-15-4-2-6-26(15)17/h1,3,5,7-9H,2,4,6,10H2. The van der Waals surface area contributed by atoms with Gasteiger partial charge in [0, 0.05) is 31.4 Å². The van der Waals surface area contributed by atoms with Crippen molar-refractivity contribution in [2.24, 2.45) is 0 Å². The Bertz CT molecular complexity index is 1220. The molecule has 3 aromatic heterocycles. The molecule has 0 saturated carbocycles.